The van der Waals surface area contributed by atoms with Crippen molar-refractivity contribution in [3.05, 3.63) is 0 Å². The fraction of sp³-hybridized carbons (Fsp3) is 1.00. The van der Waals surface area contributed by atoms with Gasteiger partial charge in [-0.25, -0.2) is 0 Å². The van der Waals surface area contributed by atoms with Crippen LogP contribution in [0.2, 0.25) is 18.6 Å². The molecule has 1 nitrogen and oxygen atoms in total. The van der Waals surface area contributed by atoms with Gasteiger partial charge in [0.05, 0.1) is 0 Å². The molecule has 1 aliphatic heterocycles. The molecule has 0 aromatic rings. The summed E-state index contributed by atoms with van der Waals surface area (Å²) in [6, 6.07) is 3.25. The molecule has 1 aliphatic rings. The van der Waals surface area contributed by atoms with Crippen molar-refractivity contribution in [3.8, 4) is 0 Å². The summed E-state index contributed by atoms with van der Waals surface area (Å²) >= 11 is 2.00. The molecule has 0 radical (unpaired) electrons. The fourth-order valence-corrected chi connectivity index (χ4v) is 3.57. The van der Waals surface area contributed by atoms with Crippen molar-refractivity contribution in [2.45, 2.75) is 37.9 Å². The fourth-order valence-electron chi connectivity index (χ4n) is 1.31. The topological polar surface area (TPSA) is 17.1 Å². The third-order valence-corrected chi connectivity index (χ3v) is 4.68. The van der Waals surface area contributed by atoms with Crippen LogP contribution in [-0.4, -0.2) is 8.80 Å². The van der Waals surface area contributed by atoms with Gasteiger partial charge in [0.1, 0.15) is 0 Å². The molecule has 0 N–H and O–H groups in total. The number of rotatable bonds is 0. The van der Waals surface area contributed by atoms with Crippen molar-refractivity contribution in [1.29, 1.82) is 0 Å². The van der Waals surface area contributed by atoms with Crippen LogP contribution in [0.15, 0.2) is 0 Å². The Morgan fingerprint density at radius 2 is 1.56 bits per heavy atom. The molecule has 1 heterocycles. The van der Waals surface area contributed by atoms with Gasteiger partial charge in [-0.15, -0.1) is 0 Å². The average Bonchev–Trinajstić information content (AvgIpc) is 1.94. The summed E-state index contributed by atoms with van der Waals surface area (Å²) in [7, 11) is -0.0945. The predicted molar refractivity (Wildman–Crippen MR) is 37.2 cm³/mol. The number of hydrogen-bond acceptors (Lipinski definition) is 1. The van der Waals surface area contributed by atoms with Gasteiger partial charge in [-0.2, -0.15) is 0 Å². The molecule has 1 saturated heterocycles. The molecule has 0 atom stereocenters. The first-order chi connectivity index (χ1) is 4.39. The zero-order valence-electron chi connectivity index (χ0n) is 5.87. The van der Waals surface area contributed by atoms with Gasteiger partial charge in [0, 0.05) is 8.80 Å². The summed E-state index contributed by atoms with van der Waals surface area (Å²) in [6.45, 7) is 2.50. The molecule has 56 valence electrons. The monoisotopic (exact) mass is 186 g/mol. The average molecular weight is 186 g/mol. The van der Waals surface area contributed by atoms with Gasteiger partial charge >= 0.3 is 19.8 Å². The van der Waals surface area contributed by atoms with E-state index in [0.29, 0.717) is 0 Å². The van der Waals surface area contributed by atoms with Crippen LogP contribution in [0, 0.1) is 0 Å². The van der Waals surface area contributed by atoms with Crippen LogP contribution < -0.4 is 0 Å². The van der Waals surface area contributed by atoms with Crippen molar-refractivity contribution < 1.29 is 19.8 Å². The summed E-state index contributed by atoms with van der Waals surface area (Å²) in [5.41, 5.74) is 0. The summed E-state index contributed by atoms with van der Waals surface area (Å²) < 4.78 is 8.00. The maximum absolute atomic E-state index is 8.00. The molecule has 1 rings (SSSR count). The molecule has 0 aliphatic carbocycles. The first kappa shape index (κ1) is 9.54. The first-order valence-corrected chi connectivity index (χ1v) is 6.78. The van der Waals surface area contributed by atoms with E-state index in [1.165, 1.54) is 6.42 Å². The Hall–Kier alpha value is 0.536. The van der Waals surface area contributed by atoms with E-state index in [-0.39, 0.29) is 8.80 Å². The molecule has 3 heteroatoms. The van der Waals surface area contributed by atoms with Gasteiger partial charge in [0.2, 0.25) is 0 Å². The zero-order chi connectivity index (χ0) is 7.11. The second-order valence-corrected chi connectivity index (χ2v) is 6.11. The normalized spacial score (nSPS) is 20.2. The quantitative estimate of drug-likeness (QED) is 0.528. The van der Waals surface area contributed by atoms with Crippen LogP contribution in [-0.2, 0) is 19.8 Å². The minimum absolute atomic E-state index is 0.0945. The molecule has 0 spiro atoms. The Labute approximate surface area is 66.8 Å². The molecule has 0 saturated carbocycles. The van der Waals surface area contributed by atoms with Crippen molar-refractivity contribution in [2.75, 3.05) is 0 Å². The molecule has 0 aromatic carbocycles. The molecule has 0 unspecified atom stereocenters. The Balaban J connectivity index is 0.000000291. The Kier molecular flexibility index (Phi) is 7.05. The van der Waals surface area contributed by atoms with Crippen LogP contribution >= 0.6 is 0 Å². The van der Waals surface area contributed by atoms with Gasteiger partial charge in [0.25, 0.3) is 0 Å². The van der Waals surface area contributed by atoms with Crippen LogP contribution in [0.25, 0.3) is 0 Å². The summed E-state index contributed by atoms with van der Waals surface area (Å²) in [4.78, 5) is 0. The number of hydrogen-bond donors (Lipinski definition) is 0. The van der Waals surface area contributed by atoms with Crippen molar-refractivity contribution >= 4 is 8.80 Å². The van der Waals surface area contributed by atoms with E-state index >= 15 is 0 Å². The maximum atomic E-state index is 8.00. The van der Waals surface area contributed by atoms with Gasteiger partial charge in [-0.05, 0) is 0 Å². The van der Waals surface area contributed by atoms with E-state index in [4.69, 9.17) is 3.83 Å². The molecule has 0 amide bonds. The van der Waals surface area contributed by atoms with E-state index in [2.05, 4.69) is 6.55 Å². The van der Waals surface area contributed by atoms with Crippen molar-refractivity contribution in [3.63, 3.8) is 0 Å². The van der Waals surface area contributed by atoms with Crippen LogP contribution in [0.1, 0.15) is 19.3 Å². The van der Waals surface area contributed by atoms with E-state index < -0.39 is 0 Å². The molecule has 0 aromatic heterocycles. The van der Waals surface area contributed by atoms with Crippen LogP contribution in [0.4, 0.5) is 0 Å². The van der Waals surface area contributed by atoms with E-state index in [9.17, 15) is 0 Å². The van der Waals surface area contributed by atoms with E-state index in [0.717, 1.165) is 0 Å². The van der Waals surface area contributed by atoms with Gasteiger partial charge in [-0.3, -0.25) is 0 Å². The van der Waals surface area contributed by atoms with Crippen LogP contribution in [0.3, 0.4) is 0 Å². The predicted octanol–water partition coefficient (Wildman–Crippen LogP) is 1.91. The van der Waals surface area contributed by atoms with E-state index in [1.807, 2.05) is 15.9 Å². The molecule has 9 heavy (non-hydrogen) atoms. The second-order valence-electron chi connectivity index (χ2n) is 2.74. The summed E-state index contributed by atoms with van der Waals surface area (Å²) in [5.74, 6) is 0. The zero-order valence-corrected chi connectivity index (χ0v) is 8.13. The standard InChI is InChI=1S/C6H14Si.Fe.O/c1-7-5-3-2-4-6-7;;/h7H,2-6H2,1H3;;. The SMILES string of the molecule is C[SiH]1CCCCC1.[O]=[Fe]. The van der Waals surface area contributed by atoms with E-state index in [1.54, 1.807) is 24.9 Å². The Morgan fingerprint density at radius 1 is 1.11 bits per heavy atom. The Bertz CT molecular complexity index is 64.1. The van der Waals surface area contributed by atoms with Gasteiger partial charge < -0.3 is 0 Å². The molecular weight excluding hydrogens is 172 g/mol. The van der Waals surface area contributed by atoms with Crippen molar-refractivity contribution in [1.82, 2.24) is 0 Å². The van der Waals surface area contributed by atoms with Gasteiger partial charge in [0.15, 0.2) is 0 Å². The summed E-state index contributed by atoms with van der Waals surface area (Å²) in [6.07, 6.45) is 4.62. The second kappa shape index (κ2) is 6.65. The third-order valence-electron chi connectivity index (χ3n) is 1.89. The summed E-state index contributed by atoms with van der Waals surface area (Å²) in [5, 5.41) is 0. The van der Waals surface area contributed by atoms with Crippen LogP contribution in [0.5, 0.6) is 0 Å². The molecule has 1 fully saturated rings. The molecule has 0 bridgehead atoms. The minimum atomic E-state index is -0.0945. The molecular formula is C6H14FeOSi. The Morgan fingerprint density at radius 3 is 1.78 bits per heavy atom. The van der Waals surface area contributed by atoms with Gasteiger partial charge in [-0.1, -0.05) is 37.9 Å². The van der Waals surface area contributed by atoms with Crippen molar-refractivity contribution in [2.24, 2.45) is 0 Å². The third kappa shape index (κ3) is 5.00. The first-order valence-electron chi connectivity index (χ1n) is 3.54.